The molecule has 0 saturated heterocycles. The van der Waals surface area contributed by atoms with Gasteiger partial charge in [-0.05, 0) is 29.7 Å². The summed E-state index contributed by atoms with van der Waals surface area (Å²) in [4.78, 5) is 0. The maximum atomic E-state index is 3.45. The molecule has 2 aliphatic carbocycles. The summed E-state index contributed by atoms with van der Waals surface area (Å²) in [5.41, 5.74) is 10.3. The van der Waals surface area contributed by atoms with Crippen molar-refractivity contribution in [3.8, 4) is 0 Å². The first-order valence-electron chi connectivity index (χ1n) is 5.57. The van der Waals surface area contributed by atoms with Crippen molar-refractivity contribution in [2.75, 3.05) is 0 Å². The predicted molar refractivity (Wildman–Crippen MR) is 69.0 cm³/mol. The van der Waals surface area contributed by atoms with Crippen LogP contribution in [0.5, 0.6) is 0 Å². The zero-order chi connectivity index (χ0) is 11.6. The summed E-state index contributed by atoms with van der Waals surface area (Å²) >= 11 is 0. The summed E-state index contributed by atoms with van der Waals surface area (Å²) < 4.78 is 0. The molecular weight excluding hydrogens is 192 g/mol. The summed E-state index contributed by atoms with van der Waals surface area (Å²) in [5.74, 6) is 0. The quantitative estimate of drug-likeness (QED) is 0.565. The Labute approximate surface area is 97.4 Å². The molecule has 0 fully saturated rings. The highest BCUT2D eigenvalue weighted by Crippen LogP contribution is 2.30. The number of hydrogen-bond donors (Lipinski definition) is 0. The van der Waals surface area contributed by atoms with Gasteiger partial charge in [-0.3, -0.25) is 0 Å². The highest BCUT2D eigenvalue weighted by atomic mass is 14.2. The van der Waals surface area contributed by atoms with E-state index in [1.54, 1.807) is 0 Å². The minimum Gasteiger partial charge on any atom is -0.112 e. The molecule has 0 aromatic rings. The normalized spacial score (nSPS) is 18.3. The van der Waals surface area contributed by atoms with Crippen molar-refractivity contribution in [2.45, 2.75) is 20.8 Å². The van der Waals surface area contributed by atoms with E-state index in [4.69, 9.17) is 0 Å². The Balaban J connectivity index is 2.43. The fourth-order valence-electron chi connectivity index (χ4n) is 1.61. The average molecular weight is 208 g/mol. The first kappa shape index (κ1) is 10.8. The molecule has 16 heavy (non-hydrogen) atoms. The molecule has 0 heterocycles. The van der Waals surface area contributed by atoms with Gasteiger partial charge in [0.05, 0.1) is 0 Å². The number of rotatable bonds is 1. The molecule has 0 spiro atoms. The molecule has 80 valence electrons. The van der Waals surface area contributed by atoms with Crippen molar-refractivity contribution in [3.05, 3.63) is 70.7 Å². The van der Waals surface area contributed by atoms with Crippen LogP contribution >= 0.6 is 0 Å². The Morgan fingerprint density at radius 3 is 2.38 bits per heavy atom. The van der Waals surface area contributed by atoms with Crippen LogP contribution in [0.25, 0.3) is 0 Å². The zero-order valence-electron chi connectivity index (χ0n) is 10.0. The smallest absolute Gasteiger partial charge is 0.0318 e. The van der Waals surface area contributed by atoms with Crippen molar-refractivity contribution >= 4 is 0 Å². The van der Waals surface area contributed by atoms with Crippen LogP contribution < -0.4 is 0 Å². The van der Waals surface area contributed by atoms with Gasteiger partial charge in [0.25, 0.3) is 0 Å². The highest BCUT2D eigenvalue weighted by Gasteiger charge is 2.17. The lowest BCUT2D eigenvalue weighted by molar-refractivity contribution is 0.519. The minimum atomic E-state index is 0.162. The third-order valence-corrected chi connectivity index (χ3v) is 2.60. The minimum absolute atomic E-state index is 0.162. The number of allylic oxidation sites excluding steroid dienone is 8. The van der Waals surface area contributed by atoms with Gasteiger partial charge in [0.1, 0.15) is 0 Å². The molecule has 0 nitrogen and oxygen atoms in total. The predicted octanol–water partition coefficient (Wildman–Crippen LogP) is 4.26. The maximum Gasteiger partial charge on any atom is 0.0318 e. The first-order valence-corrected chi connectivity index (χ1v) is 5.57. The standard InChI is InChI=1S/C16H16/c1-16(2,3)15-11-10-14(12-15)13-8-6-4-5-7-9-13/h4-8,10-11H,1-3H3. The van der Waals surface area contributed by atoms with Crippen molar-refractivity contribution in [1.29, 1.82) is 0 Å². The van der Waals surface area contributed by atoms with E-state index in [0.717, 1.165) is 11.1 Å². The van der Waals surface area contributed by atoms with Crippen LogP contribution in [-0.4, -0.2) is 0 Å². The molecular formula is C16H16. The monoisotopic (exact) mass is 208 g/mol. The van der Waals surface area contributed by atoms with E-state index in [2.05, 4.69) is 50.5 Å². The lowest BCUT2D eigenvalue weighted by Gasteiger charge is -2.16. The largest absolute Gasteiger partial charge is 0.112 e. The van der Waals surface area contributed by atoms with Crippen LogP contribution in [0.4, 0.5) is 0 Å². The van der Waals surface area contributed by atoms with Gasteiger partial charge in [0.15, 0.2) is 0 Å². The van der Waals surface area contributed by atoms with Gasteiger partial charge in [0, 0.05) is 16.7 Å². The summed E-state index contributed by atoms with van der Waals surface area (Å²) in [6, 6.07) is 0. The SMILES string of the molecule is CC(C)(C)C1=C=C(C2=C=CC=CC=C2)C=C1. The third-order valence-electron chi connectivity index (χ3n) is 2.60. The van der Waals surface area contributed by atoms with E-state index in [1.807, 2.05) is 24.3 Å². The molecule has 0 heteroatoms. The van der Waals surface area contributed by atoms with Crippen molar-refractivity contribution < 1.29 is 0 Å². The summed E-state index contributed by atoms with van der Waals surface area (Å²) in [7, 11) is 0. The Bertz CT molecular complexity index is 513. The summed E-state index contributed by atoms with van der Waals surface area (Å²) in [5, 5.41) is 0. The molecule has 0 unspecified atom stereocenters. The van der Waals surface area contributed by atoms with E-state index in [0.29, 0.717) is 0 Å². The van der Waals surface area contributed by atoms with Crippen molar-refractivity contribution in [1.82, 2.24) is 0 Å². The van der Waals surface area contributed by atoms with Crippen LogP contribution in [0.1, 0.15) is 20.8 Å². The topological polar surface area (TPSA) is 0 Å². The highest BCUT2D eigenvalue weighted by molar-refractivity contribution is 5.53. The maximum absolute atomic E-state index is 3.45. The van der Waals surface area contributed by atoms with E-state index >= 15 is 0 Å². The lowest BCUT2D eigenvalue weighted by atomic mass is 9.88. The Morgan fingerprint density at radius 2 is 1.69 bits per heavy atom. The second kappa shape index (κ2) is 4.02. The average Bonchev–Trinajstić information content (AvgIpc) is 2.55. The molecule has 0 saturated carbocycles. The zero-order valence-corrected chi connectivity index (χ0v) is 10.0. The Hall–Kier alpha value is -1.74. The van der Waals surface area contributed by atoms with Crippen molar-refractivity contribution in [2.24, 2.45) is 5.41 Å². The Kier molecular flexibility index (Phi) is 2.71. The molecule has 0 aromatic heterocycles. The third kappa shape index (κ3) is 2.25. The second-order valence-electron chi connectivity index (χ2n) is 5.00. The molecule has 0 N–H and O–H groups in total. The van der Waals surface area contributed by atoms with Gasteiger partial charge in [-0.1, -0.05) is 39.0 Å². The number of hydrogen-bond acceptors (Lipinski definition) is 0. The molecule has 0 atom stereocenters. The molecule has 0 radical (unpaired) electrons. The Morgan fingerprint density at radius 1 is 0.875 bits per heavy atom. The van der Waals surface area contributed by atoms with Crippen molar-refractivity contribution in [3.63, 3.8) is 0 Å². The summed E-state index contributed by atoms with van der Waals surface area (Å²) in [6.45, 7) is 6.62. The van der Waals surface area contributed by atoms with E-state index in [9.17, 15) is 0 Å². The van der Waals surface area contributed by atoms with Crippen LogP contribution in [0.2, 0.25) is 0 Å². The van der Waals surface area contributed by atoms with Gasteiger partial charge in [-0.2, -0.15) is 0 Å². The van der Waals surface area contributed by atoms with Crippen LogP contribution in [0, 0.1) is 5.41 Å². The summed E-state index contributed by atoms with van der Waals surface area (Å²) in [6.07, 6.45) is 14.3. The molecule has 0 aromatic carbocycles. The van der Waals surface area contributed by atoms with E-state index in [1.165, 1.54) is 5.57 Å². The molecule has 0 bridgehead atoms. The van der Waals surface area contributed by atoms with Gasteiger partial charge >= 0.3 is 0 Å². The fourth-order valence-corrected chi connectivity index (χ4v) is 1.61. The van der Waals surface area contributed by atoms with Gasteiger partial charge in [0.2, 0.25) is 0 Å². The molecule has 0 amide bonds. The fraction of sp³-hybridized carbons (Fsp3) is 0.250. The van der Waals surface area contributed by atoms with Crippen LogP contribution in [0.15, 0.2) is 70.7 Å². The van der Waals surface area contributed by atoms with E-state index in [-0.39, 0.29) is 5.41 Å². The van der Waals surface area contributed by atoms with Crippen LogP contribution in [0.3, 0.4) is 0 Å². The molecule has 2 aliphatic rings. The second-order valence-corrected chi connectivity index (χ2v) is 5.00. The van der Waals surface area contributed by atoms with Crippen LogP contribution in [-0.2, 0) is 0 Å². The van der Waals surface area contributed by atoms with Gasteiger partial charge < -0.3 is 0 Å². The lowest BCUT2D eigenvalue weighted by Crippen LogP contribution is -2.05. The molecule has 2 rings (SSSR count). The van der Waals surface area contributed by atoms with E-state index < -0.39 is 0 Å². The van der Waals surface area contributed by atoms with Gasteiger partial charge in [-0.25, -0.2) is 0 Å². The first-order chi connectivity index (χ1) is 7.57. The molecule has 0 aliphatic heterocycles. The van der Waals surface area contributed by atoms with Gasteiger partial charge in [-0.15, -0.1) is 11.5 Å².